The Labute approximate surface area is 226 Å². The highest BCUT2D eigenvalue weighted by molar-refractivity contribution is 6.36. The average Bonchev–Trinajstić information content (AvgIpc) is 3.57. The highest BCUT2D eigenvalue weighted by Gasteiger charge is 2.29. The second-order valence-electron chi connectivity index (χ2n) is 10.3. The fourth-order valence-corrected chi connectivity index (χ4v) is 4.53. The molecule has 190 valence electrons. The molecule has 10 heteroatoms. The largest absolute Gasteiger partial charge is 0.383 e. The molecule has 2 heterocycles. The summed E-state index contributed by atoms with van der Waals surface area (Å²) in [6.07, 6.45) is 5.08. The molecule has 1 aliphatic rings. The van der Waals surface area contributed by atoms with Crippen LogP contribution < -0.4 is 10.6 Å². The number of aromatic nitrogens is 4. The van der Waals surface area contributed by atoms with Crippen molar-refractivity contribution < 1.29 is 5.76 Å². The summed E-state index contributed by atoms with van der Waals surface area (Å²) in [6, 6.07) is 8.08. The van der Waals surface area contributed by atoms with Crippen molar-refractivity contribution in [1.82, 2.24) is 20.0 Å². The third-order valence-electron chi connectivity index (χ3n) is 6.01. The minimum Gasteiger partial charge on any atom is -0.383 e. The summed E-state index contributed by atoms with van der Waals surface area (Å²) in [4.78, 5) is 4.39. The molecule has 4 aromatic rings. The Morgan fingerprint density at radius 1 is 1.27 bits per heavy atom. The van der Waals surface area contributed by atoms with E-state index in [0.717, 1.165) is 12.8 Å². The zero-order valence-electron chi connectivity index (χ0n) is 21.6. The fourth-order valence-electron chi connectivity index (χ4n) is 4.00. The number of fused-ring (bicyclic) bond motifs is 1. The van der Waals surface area contributed by atoms with Crippen LogP contribution in [0.5, 0.6) is 0 Å². The van der Waals surface area contributed by atoms with Gasteiger partial charge < -0.3 is 10.6 Å². The van der Waals surface area contributed by atoms with Crippen LogP contribution in [-0.4, -0.2) is 26.5 Å². The summed E-state index contributed by atoms with van der Waals surface area (Å²) in [6.45, 7) is 6.83. The maximum atomic E-state index is 15.2. The average molecular weight is 539 g/mol. The van der Waals surface area contributed by atoms with E-state index in [-0.39, 0.29) is 27.7 Å². The van der Waals surface area contributed by atoms with Crippen LogP contribution in [0.4, 0.5) is 15.8 Å². The summed E-state index contributed by atoms with van der Waals surface area (Å²) in [5.41, 5.74) is 1.86. The quantitative estimate of drug-likeness (QED) is 0.260. The number of benzene rings is 2. The number of nitrogens with zero attached hydrogens (tertiary/aromatic N) is 5. The van der Waals surface area contributed by atoms with Gasteiger partial charge in [-0.15, -0.1) is 5.10 Å². The number of anilines is 2. The topological polar surface area (TPSA) is 91.5 Å². The fraction of sp³-hybridized carbons (Fsp3) is 0.333. The van der Waals surface area contributed by atoms with Crippen LogP contribution in [0.25, 0.3) is 10.9 Å². The van der Waals surface area contributed by atoms with E-state index in [1.54, 1.807) is 23.0 Å². The summed E-state index contributed by atoms with van der Waals surface area (Å²) in [5, 5.41) is 25.6. The zero-order chi connectivity index (χ0) is 27.2. The number of nitrogens with one attached hydrogen (secondary N) is 2. The number of hydrogen-bond acceptors (Lipinski definition) is 6. The number of pyridine rings is 1. The van der Waals surface area contributed by atoms with Crippen LogP contribution in [0.2, 0.25) is 10.0 Å². The second kappa shape index (κ2) is 9.81. The summed E-state index contributed by atoms with van der Waals surface area (Å²) >= 11 is 13.1. The third kappa shape index (κ3) is 5.34. The van der Waals surface area contributed by atoms with Gasteiger partial charge in [0.1, 0.15) is 23.6 Å². The Kier molecular flexibility index (Phi) is 6.35. The lowest BCUT2D eigenvalue weighted by molar-refractivity contribution is 0.443. The standard InChI is InChI=1S/C27H26Cl2FN7/c1-27(2,3)14-33-24-15(11-31)12-32-25-18(24)9-16(10-20(25)29)34-26(23-19(28)5-4-6-21(23)30)22-13-37(36-35-22)17-7-8-17/h4-6,9-10,12-13,17,26,34H,7-8,14H2,1-3H3,(H,32,33)/i26D. The van der Waals surface area contributed by atoms with Crippen molar-refractivity contribution in [1.29, 1.82) is 5.26 Å². The Morgan fingerprint density at radius 3 is 2.73 bits per heavy atom. The van der Waals surface area contributed by atoms with E-state index in [2.05, 4.69) is 52.8 Å². The van der Waals surface area contributed by atoms with Crippen molar-refractivity contribution in [2.75, 3.05) is 17.2 Å². The van der Waals surface area contributed by atoms with Gasteiger partial charge in [-0.1, -0.05) is 55.3 Å². The van der Waals surface area contributed by atoms with E-state index in [0.29, 0.717) is 39.4 Å². The maximum absolute atomic E-state index is 15.2. The van der Waals surface area contributed by atoms with Gasteiger partial charge in [0.25, 0.3) is 0 Å². The van der Waals surface area contributed by atoms with Gasteiger partial charge in [0, 0.05) is 34.4 Å². The first-order valence-electron chi connectivity index (χ1n) is 12.4. The number of halogens is 3. The molecule has 2 aromatic carbocycles. The molecule has 7 nitrogen and oxygen atoms in total. The molecule has 37 heavy (non-hydrogen) atoms. The molecule has 0 aliphatic heterocycles. The summed E-state index contributed by atoms with van der Waals surface area (Å²) in [7, 11) is 0. The molecule has 1 unspecified atom stereocenters. The molecule has 2 N–H and O–H groups in total. The third-order valence-corrected chi connectivity index (χ3v) is 6.61. The maximum Gasteiger partial charge on any atom is 0.130 e. The normalized spacial score (nSPS) is 15.6. The van der Waals surface area contributed by atoms with Gasteiger partial charge in [-0.25, -0.2) is 9.07 Å². The molecule has 1 saturated carbocycles. The Hall–Kier alpha value is -3.41. The summed E-state index contributed by atoms with van der Waals surface area (Å²) < 4.78 is 26.4. The SMILES string of the molecule is [2H]C(Nc1cc(Cl)c2ncc(C#N)c(NCC(C)(C)C)c2c1)(c1cn(C2CC2)nn1)c1c(F)cccc1Cl. The van der Waals surface area contributed by atoms with Crippen LogP contribution in [0, 0.1) is 22.6 Å². The second-order valence-corrected chi connectivity index (χ2v) is 11.2. The van der Waals surface area contributed by atoms with E-state index in [1.165, 1.54) is 24.4 Å². The van der Waals surface area contributed by atoms with Gasteiger partial charge in [-0.3, -0.25) is 4.98 Å². The van der Waals surface area contributed by atoms with Gasteiger partial charge in [-0.2, -0.15) is 5.26 Å². The van der Waals surface area contributed by atoms with Crippen LogP contribution in [0.15, 0.2) is 42.7 Å². The Morgan fingerprint density at radius 2 is 2.05 bits per heavy atom. The molecule has 2 aromatic heterocycles. The molecule has 1 aliphatic carbocycles. The van der Waals surface area contributed by atoms with Crippen molar-refractivity contribution >= 4 is 45.5 Å². The molecule has 0 saturated heterocycles. The molecule has 0 radical (unpaired) electrons. The van der Waals surface area contributed by atoms with Gasteiger partial charge in [0.05, 0.1) is 35.4 Å². The number of rotatable bonds is 7. The smallest absolute Gasteiger partial charge is 0.130 e. The lowest BCUT2D eigenvalue weighted by atomic mass is 9.96. The van der Waals surface area contributed by atoms with Crippen LogP contribution in [0.1, 0.15) is 63.9 Å². The molecular weight excluding hydrogens is 512 g/mol. The molecular formula is C27H26Cl2FN7. The van der Waals surface area contributed by atoms with Crippen molar-refractivity contribution in [3.63, 3.8) is 0 Å². The van der Waals surface area contributed by atoms with E-state index in [4.69, 9.17) is 23.2 Å². The Balaban J connectivity index is 1.66. The van der Waals surface area contributed by atoms with E-state index >= 15 is 4.39 Å². The number of nitriles is 1. The van der Waals surface area contributed by atoms with Crippen molar-refractivity contribution in [3.05, 3.63) is 75.4 Å². The number of hydrogen-bond donors (Lipinski definition) is 2. The van der Waals surface area contributed by atoms with Gasteiger partial charge >= 0.3 is 0 Å². The zero-order valence-corrected chi connectivity index (χ0v) is 22.1. The Bertz CT molecular complexity index is 1550. The monoisotopic (exact) mass is 538 g/mol. The molecule has 0 spiro atoms. The highest BCUT2D eigenvalue weighted by atomic mass is 35.5. The minimum absolute atomic E-state index is 0.0622. The van der Waals surface area contributed by atoms with E-state index in [9.17, 15) is 6.63 Å². The highest BCUT2D eigenvalue weighted by Crippen LogP contribution is 2.39. The van der Waals surface area contributed by atoms with E-state index in [1.807, 2.05) is 0 Å². The minimum atomic E-state index is -1.94. The van der Waals surface area contributed by atoms with Crippen LogP contribution in [-0.2, 0) is 0 Å². The van der Waals surface area contributed by atoms with Crippen molar-refractivity contribution in [2.24, 2.45) is 5.41 Å². The first-order valence-corrected chi connectivity index (χ1v) is 12.7. The van der Waals surface area contributed by atoms with Gasteiger partial charge in [-0.05, 0) is 42.5 Å². The van der Waals surface area contributed by atoms with Gasteiger partial charge in [0.2, 0.25) is 0 Å². The molecule has 5 rings (SSSR count). The molecule has 1 fully saturated rings. The van der Waals surface area contributed by atoms with Crippen molar-refractivity contribution in [3.8, 4) is 6.07 Å². The van der Waals surface area contributed by atoms with Crippen LogP contribution in [0.3, 0.4) is 0 Å². The molecule has 1 atom stereocenters. The predicted molar refractivity (Wildman–Crippen MR) is 145 cm³/mol. The predicted octanol–water partition coefficient (Wildman–Crippen LogP) is 7.14. The lowest BCUT2D eigenvalue weighted by Gasteiger charge is -2.23. The lowest BCUT2D eigenvalue weighted by Crippen LogP contribution is -2.20. The first-order chi connectivity index (χ1) is 18.0. The summed E-state index contributed by atoms with van der Waals surface area (Å²) in [5.74, 6) is -0.658. The van der Waals surface area contributed by atoms with Crippen LogP contribution >= 0.6 is 23.2 Å². The molecule has 0 bridgehead atoms. The molecule has 0 amide bonds. The first kappa shape index (κ1) is 24.0. The van der Waals surface area contributed by atoms with Crippen molar-refractivity contribution in [2.45, 2.75) is 45.7 Å². The van der Waals surface area contributed by atoms with E-state index < -0.39 is 11.8 Å². The van der Waals surface area contributed by atoms with Gasteiger partial charge in [0.15, 0.2) is 0 Å².